The summed E-state index contributed by atoms with van der Waals surface area (Å²) in [5, 5.41) is 1.68. The summed E-state index contributed by atoms with van der Waals surface area (Å²) in [6.07, 6.45) is 2.46. The molecular weight excluding hydrogens is 400 g/mol. The Balaban J connectivity index is 1.70. The Morgan fingerprint density at radius 1 is 1.13 bits per heavy atom. The van der Waals surface area contributed by atoms with Gasteiger partial charge in [0.05, 0.1) is 4.90 Å². The fourth-order valence-electron chi connectivity index (χ4n) is 2.37. The van der Waals surface area contributed by atoms with Crippen molar-refractivity contribution in [3.8, 4) is 0 Å². The third-order valence-corrected chi connectivity index (χ3v) is 5.78. The van der Waals surface area contributed by atoms with Crippen LogP contribution in [0.2, 0.25) is 5.02 Å². The van der Waals surface area contributed by atoms with E-state index in [9.17, 15) is 8.42 Å². The molecule has 0 aliphatic carbocycles. The van der Waals surface area contributed by atoms with E-state index in [1.54, 1.807) is 24.3 Å². The largest absolute Gasteiger partial charge is 0.361 e. The summed E-state index contributed by atoms with van der Waals surface area (Å²) >= 11 is 9.31. The number of rotatable bonds is 5. The molecule has 0 spiro atoms. The maximum Gasteiger partial charge on any atom is 0.240 e. The number of benzene rings is 2. The van der Waals surface area contributed by atoms with E-state index in [0.717, 1.165) is 20.9 Å². The Morgan fingerprint density at radius 3 is 2.61 bits per heavy atom. The number of fused-ring (bicyclic) bond motifs is 1. The van der Waals surface area contributed by atoms with Gasteiger partial charge in [-0.05, 0) is 54.4 Å². The van der Waals surface area contributed by atoms with Crippen LogP contribution in [-0.2, 0) is 16.4 Å². The number of hydrogen-bond acceptors (Lipinski definition) is 2. The minimum atomic E-state index is -3.50. The van der Waals surface area contributed by atoms with Gasteiger partial charge in [0.1, 0.15) is 0 Å². The van der Waals surface area contributed by atoms with Crippen molar-refractivity contribution < 1.29 is 8.42 Å². The molecule has 0 aliphatic rings. The molecule has 0 saturated carbocycles. The van der Waals surface area contributed by atoms with Crippen LogP contribution in [0.5, 0.6) is 0 Å². The van der Waals surface area contributed by atoms with Crippen LogP contribution in [-0.4, -0.2) is 19.9 Å². The van der Waals surface area contributed by atoms with Crippen molar-refractivity contribution in [1.82, 2.24) is 9.71 Å². The van der Waals surface area contributed by atoms with Crippen molar-refractivity contribution in [2.45, 2.75) is 11.3 Å². The molecule has 3 rings (SSSR count). The van der Waals surface area contributed by atoms with Crippen LogP contribution in [0.15, 0.2) is 58.0 Å². The fraction of sp³-hybridized carbons (Fsp3) is 0.125. The second kappa shape index (κ2) is 6.65. The number of nitrogens with one attached hydrogen (secondary N) is 2. The number of sulfonamides is 1. The normalized spacial score (nSPS) is 11.9. The first-order chi connectivity index (χ1) is 11.0. The predicted octanol–water partition coefficient (Wildman–Crippen LogP) is 4.10. The lowest BCUT2D eigenvalue weighted by Crippen LogP contribution is -2.25. The molecule has 0 radical (unpaired) electrons. The minimum absolute atomic E-state index is 0.252. The van der Waals surface area contributed by atoms with Crippen molar-refractivity contribution in [3.05, 3.63) is 63.7 Å². The van der Waals surface area contributed by atoms with E-state index >= 15 is 0 Å². The van der Waals surface area contributed by atoms with Gasteiger partial charge < -0.3 is 4.98 Å². The van der Waals surface area contributed by atoms with Crippen molar-refractivity contribution in [2.75, 3.05) is 6.54 Å². The van der Waals surface area contributed by atoms with Gasteiger partial charge in [-0.3, -0.25) is 0 Å². The van der Waals surface area contributed by atoms with Gasteiger partial charge in [-0.15, -0.1) is 0 Å². The highest BCUT2D eigenvalue weighted by atomic mass is 79.9. The van der Waals surface area contributed by atoms with Crippen LogP contribution in [0.1, 0.15) is 5.56 Å². The lowest BCUT2D eigenvalue weighted by Gasteiger charge is -2.06. The van der Waals surface area contributed by atoms with E-state index in [1.807, 2.05) is 24.4 Å². The summed E-state index contributed by atoms with van der Waals surface area (Å²) in [7, 11) is -3.50. The Bertz CT molecular complexity index is 936. The maximum atomic E-state index is 12.2. The molecule has 1 heterocycles. The lowest BCUT2D eigenvalue weighted by atomic mass is 10.1. The second-order valence-electron chi connectivity index (χ2n) is 5.11. The maximum absolute atomic E-state index is 12.2. The van der Waals surface area contributed by atoms with Gasteiger partial charge in [-0.2, -0.15) is 0 Å². The fourth-order valence-corrected chi connectivity index (χ4v) is 3.84. The zero-order chi connectivity index (χ0) is 16.4. The highest BCUT2D eigenvalue weighted by Gasteiger charge is 2.13. The number of aromatic amines is 1. The molecule has 0 bridgehead atoms. The predicted molar refractivity (Wildman–Crippen MR) is 96.3 cm³/mol. The van der Waals surface area contributed by atoms with Crippen LogP contribution < -0.4 is 4.72 Å². The standard InChI is InChI=1S/C16H14BrClN2O2S/c17-12-1-4-14(5-2-12)23(21,22)20-8-7-11-10-19-16-6-3-13(18)9-15(11)16/h1-6,9-10,19-20H,7-8H2. The van der Waals surface area contributed by atoms with Crippen molar-refractivity contribution in [1.29, 1.82) is 0 Å². The number of H-pyrrole nitrogens is 1. The van der Waals surface area contributed by atoms with Gasteiger partial charge in [0.2, 0.25) is 10.0 Å². The third-order valence-electron chi connectivity index (χ3n) is 3.54. The molecule has 1 aromatic heterocycles. The summed E-state index contributed by atoms with van der Waals surface area (Å²) in [4.78, 5) is 3.41. The van der Waals surface area contributed by atoms with E-state index in [0.29, 0.717) is 18.0 Å². The quantitative estimate of drug-likeness (QED) is 0.661. The monoisotopic (exact) mass is 412 g/mol. The Hall–Kier alpha value is -1.34. The molecule has 120 valence electrons. The van der Waals surface area contributed by atoms with Gasteiger partial charge in [0.15, 0.2) is 0 Å². The summed E-state index contributed by atoms with van der Waals surface area (Å²) in [6, 6.07) is 12.2. The van der Waals surface area contributed by atoms with E-state index in [-0.39, 0.29) is 4.90 Å². The number of aromatic nitrogens is 1. The molecule has 0 unspecified atom stereocenters. The Labute approximate surface area is 148 Å². The lowest BCUT2D eigenvalue weighted by molar-refractivity contribution is 0.581. The van der Waals surface area contributed by atoms with Crippen LogP contribution in [0.25, 0.3) is 10.9 Å². The first-order valence-electron chi connectivity index (χ1n) is 6.96. The van der Waals surface area contributed by atoms with Gasteiger partial charge in [0.25, 0.3) is 0 Å². The van der Waals surface area contributed by atoms with Crippen molar-refractivity contribution in [2.24, 2.45) is 0 Å². The summed E-state index contributed by atoms with van der Waals surface area (Å²) < 4.78 is 27.9. The molecule has 0 saturated heterocycles. The summed E-state index contributed by atoms with van der Waals surface area (Å²) in [5.74, 6) is 0. The van der Waals surface area contributed by atoms with E-state index in [2.05, 4.69) is 25.6 Å². The second-order valence-corrected chi connectivity index (χ2v) is 8.22. The summed E-state index contributed by atoms with van der Waals surface area (Å²) in [5.41, 5.74) is 2.01. The van der Waals surface area contributed by atoms with Gasteiger partial charge in [0, 0.05) is 33.1 Å². The first-order valence-corrected chi connectivity index (χ1v) is 9.62. The molecule has 7 heteroatoms. The zero-order valence-electron chi connectivity index (χ0n) is 12.0. The molecular formula is C16H14BrClN2O2S. The van der Waals surface area contributed by atoms with E-state index in [4.69, 9.17) is 11.6 Å². The molecule has 2 aromatic carbocycles. The molecule has 23 heavy (non-hydrogen) atoms. The Kier molecular flexibility index (Phi) is 4.77. The highest BCUT2D eigenvalue weighted by Crippen LogP contribution is 2.22. The van der Waals surface area contributed by atoms with Gasteiger partial charge in [-0.25, -0.2) is 13.1 Å². The zero-order valence-corrected chi connectivity index (χ0v) is 15.2. The molecule has 0 atom stereocenters. The molecule has 2 N–H and O–H groups in total. The number of halogens is 2. The first kappa shape index (κ1) is 16.5. The van der Waals surface area contributed by atoms with Crippen LogP contribution >= 0.6 is 27.5 Å². The van der Waals surface area contributed by atoms with Crippen LogP contribution in [0.4, 0.5) is 0 Å². The molecule has 0 amide bonds. The van der Waals surface area contributed by atoms with Crippen molar-refractivity contribution >= 4 is 48.5 Å². The molecule has 3 aromatic rings. The smallest absolute Gasteiger partial charge is 0.240 e. The minimum Gasteiger partial charge on any atom is -0.361 e. The van der Waals surface area contributed by atoms with Crippen LogP contribution in [0, 0.1) is 0 Å². The van der Waals surface area contributed by atoms with Gasteiger partial charge >= 0.3 is 0 Å². The van der Waals surface area contributed by atoms with Crippen LogP contribution in [0.3, 0.4) is 0 Å². The molecule has 0 aliphatic heterocycles. The van der Waals surface area contributed by atoms with E-state index in [1.165, 1.54) is 0 Å². The van der Waals surface area contributed by atoms with Crippen molar-refractivity contribution in [3.63, 3.8) is 0 Å². The average Bonchev–Trinajstić information content (AvgIpc) is 2.90. The topological polar surface area (TPSA) is 62.0 Å². The molecule has 4 nitrogen and oxygen atoms in total. The van der Waals surface area contributed by atoms with E-state index < -0.39 is 10.0 Å². The molecule has 0 fully saturated rings. The number of hydrogen-bond donors (Lipinski definition) is 2. The third kappa shape index (κ3) is 3.77. The summed E-state index contributed by atoms with van der Waals surface area (Å²) in [6.45, 7) is 0.317. The Morgan fingerprint density at radius 2 is 1.87 bits per heavy atom. The SMILES string of the molecule is O=S(=O)(NCCc1c[nH]c2ccc(Cl)cc12)c1ccc(Br)cc1. The van der Waals surface area contributed by atoms with Gasteiger partial charge in [-0.1, -0.05) is 27.5 Å². The highest BCUT2D eigenvalue weighted by molar-refractivity contribution is 9.10. The average molecular weight is 414 g/mol.